The van der Waals surface area contributed by atoms with Gasteiger partial charge < -0.3 is 9.72 Å². The predicted molar refractivity (Wildman–Crippen MR) is 78.6 cm³/mol. The predicted octanol–water partition coefficient (Wildman–Crippen LogP) is 1.95. The first kappa shape index (κ1) is 14.6. The van der Waals surface area contributed by atoms with Gasteiger partial charge in [-0.05, 0) is 24.3 Å². The highest BCUT2D eigenvalue weighted by Gasteiger charge is 2.16. The highest BCUT2D eigenvalue weighted by Crippen LogP contribution is 2.29. The molecule has 0 radical (unpaired) electrons. The molecule has 0 aliphatic rings. The molecule has 0 saturated carbocycles. The van der Waals surface area contributed by atoms with Crippen molar-refractivity contribution in [1.29, 1.82) is 0 Å². The van der Waals surface area contributed by atoms with Crippen LogP contribution in [-0.4, -0.2) is 20.5 Å². The summed E-state index contributed by atoms with van der Waals surface area (Å²) in [6.07, 6.45) is 1.13. The fourth-order valence-electron chi connectivity index (χ4n) is 1.53. The normalized spacial score (nSPS) is 11.1. The average molecular weight is 359 g/mol. The third-order valence-corrected chi connectivity index (χ3v) is 4.33. The molecule has 8 heteroatoms. The van der Waals surface area contributed by atoms with E-state index in [9.17, 15) is 13.2 Å². The minimum absolute atomic E-state index is 0.0425. The van der Waals surface area contributed by atoms with Gasteiger partial charge in [-0.15, -0.1) is 0 Å². The summed E-state index contributed by atoms with van der Waals surface area (Å²) in [5.74, 6) is 0.390. The van der Waals surface area contributed by atoms with Crippen molar-refractivity contribution in [2.75, 3.05) is 11.8 Å². The maximum absolute atomic E-state index is 12.2. The van der Waals surface area contributed by atoms with Crippen LogP contribution in [0, 0.1) is 0 Å². The number of sulfonamides is 1. The fraction of sp³-hybridized carbons (Fsp3) is 0.0833. The lowest BCUT2D eigenvalue weighted by atomic mass is 10.3. The van der Waals surface area contributed by atoms with Gasteiger partial charge in [0.25, 0.3) is 10.0 Å². The van der Waals surface area contributed by atoms with Crippen molar-refractivity contribution in [3.8, 4) is 5.75 Å². The van der Waals surface area contributed by atoms with E-state index in [4.69, 9.17) is 4.74 Å². The summed E-state index contributed by atoms with van der Waals surface area (Å²) in [4.78, 5) is 13.2. The van der Waals surface area contributed by atoms with Gasteiger partial charge >= 0.3 is 0 Å². The Morgan fingerprint density at radius 3 is 2.60 bits per heavy atom. The van der Waals surface area contributed by atoms with E-state index in [1.54, 1.807) is 18.2 Å². The molecule has 2 rings (SSSR count). The van der Waals surface area contributed by atoms with Crippen molar-refractivity contribution in [3.05, 3.63) is 51.4 Å². The zero-order chi connectivity index (χ0) is 14.8. The SMILES string of the molecule is COc1ccc(Br)cc1NS(=O)(=O)c1ccc(=O)[nH]c1. The number of rotatable bonds is 4. The lowest BCUT2D eigenvalue weighted by Gasteiger charge is -2.12. The van der Waals surface area contributed by atoms with Crippen molar-refractivity contribution in [3.63, 3.8) is 0 Å². The molecule has 0 amide bonds. The van der Waals surface area contributed by atoms with Gasteiger partial charge in [-0.25, -0.2) is 8.42 Å². The summed E-state index contributed by atoms with van der Waals surface area (Å²) < 4.78 is 32.6. The molecule has 1 heterocycles. The average Bonchev–Trinajstić information content (AvgIpc) is 2.39. The Labute approximate surface area is 124 Å². The molecular formula is C12H11BrN2O4S. The van der Waals surface area contributed by atoms with Crippen LogP contribution in [0.5, 0.6) is 5.75 Å². The number of ether oxygens (including phenoxy) is 1. The highest BCUT2D eigenvalue weighted by atomic mass is 79.9. The molecule has 0 bridgehead atoms. The van der Waals surface area contributed by atoms with Crippen LogP contribution in [0.3, 0.4) is 0 Å². The van der Waals surface area contributed by atoms with E-state index in [1.165, 1.54) is 13.2 Å². The summed E-state index contributed by atoms with van der Waals surface area (Å²) >= 11 is 3.26. The minimum Gasteiger partial charge on any atom is -0.495 e. The van der Waals surface area contributed by atoms with Gasteiger partial charge in [-0.3, -0.25) is 9.52 Å². The van der Waals surface area contributed by atoms with E-state index < -0.39 is 10.0 Å². The molecule has 0 saturated heterocycles. The zero-order valence-corrected chi connectivity index (χ0v) is 12.8. The van der Waals surface area contributed by atoms with E-state index in [0.29, 0.717) is 15.9 Å². The largest absolute Gasteiger partial charge is 0.495 e. The number of aromatic nitrogens is 1. The van der Waals surface area contributed by atoms with E-state index in [-0.39, 0.29) is 10.5 Å². The van der Waals surface area contributed by atoms with Crippen molar-refractivity contribution in [2.45, 2.75) is 4.90 Å². The summed E-state index contributed by atoms with van der Waals surface area (Å²) in [5.41, 5.74) is -0.0722. The third kappa shape index (κ3) is 3.20. The number of aromatic amines is 1. The van der Waals surface area contributed by atoms with Crippen LogP contribution < -0.4 is 15.0 Å². The van der Waals surface area contributed by atoms with Gasteiger partial charge in [-0.1, -0.05) is 15.9 Å². The topological polar surface area (TPSA) is 88.3 Å². The molecule has 106 valence electrons. The molecule has 1 aromatic carbocycles. The highest BCUT2D eigenvalue weighted by molar-refractivity contribution is 9.10. The van der Waals surface area contributed by atoms with Crippen LogP contribution >= 0.6 is 15.9 Å². The summed E-state index contributed by atoms with van der Waals surface area (Å²) in [6.45, 7) is 0. The van der Waals surface area contributed by atoms with Crippen molar-refractivity contribution in [1.82, 2.24) is 4.98 Å². The zero-order valence-electron chi connectivity index (χ0n) is 10.4. The Bertz CT molecular complexity index is 766. The molecule has 1 aromatic heterocycles. The van der Waals surface area contributed by atoms with Crippen molar-refractivity contribution >= 4 is 31.6 Å². The van der Waals surface area contributed by atoms with E-state index in [0.717, 1.165) is 12.3 Å². The first-order valence-electron chi connectivity index (χ1n) is 5.47. The van der Waals surface area contributed by atoms with Crippen LogP contribution in [0.15, 0.2) is 50.7 Å². The third-order valence-electron chi connectivity index (χ3n) is 2.47. The second kappa shape index (κ2) is 5.68. The number of pyridine rings is 1. The summed E-state index contributed by atoms with van der Waals surface area (Å²) in [7, 11) is -2.35. The molecule has 2 N–H and O–H groups in total. The number of anilines is 1. The van der Waals surface area contributed by atoms with Crippen LogP contribution in [0.2, 0.25) is 0 Å². The Morgan fingerprint density at radius 2 is 2.00 bits per heavy atom. The lowest BCUT2D eigenvalue weighted by Crippen LogP contribution is -2.15. The fourth-order valence-corrected chi connectivity index (χ4v) is 2.92. The standard InChI is InChI=1S/C12H11BrN2O4S/c1-19-11-4-2-8(13)6-10(11)15-20(17,18)9-3-5-12(16)14-7-9/h2-7,15H,1H3,(H,14,16). The van der Waals surface area contributed by atoms with E-state index in [2.05, 4.69) is 25.6 Å². The molecule has 0 aliphatic heterocycles. The Morgan fingerprint density at radius 1 is 1.25 bits per heavy atom. The summed E-state index contributed by atoms with van der Waals surface area (Å²) in [6, 6.07) is 7.33. The monoisotopic (exact) mass is 358 g/mol. The lowest BCUT2D eigenvalue weighted by molar-refractivity contribution is 0.417. The molecule has 2 aromatic rings. The smallest absolute Gasteiger partial charge is 0.263 e. The summed E-state index contributed by atoms with van der Waals surface area (Å²) in [5, 5.41) is 0. The van der Waals surface area contributed by atoms with Gasteiger partial charge in [0, 0.05) is 16.7 Å². The number of halogens is 1. The quantitative estimate of drug-likeness (QED) is 0.873. The van der Waals surface area contributed by atoms with Gasteiger partial charge in [0.05, 0.1) is 12.8 Å². The first-order chi connectivity index (χ1) is 9.42. The maximum Gasteiger partial charge on any atom is 0.263 e. The molecule has 0 aliphatic carbocycles. The number of hydrogen-bond donors (Lipinski definition) is 2. The second-order valence-electron chi connectivity index (χ2n) is 3.84. The number of benzene rings is 1. The van der Waals surface area contributed by atoms with E-state index in [1.807, 2.05) is 0 Å². The molecule has 6 nitrogen and oxygen atoms in total. The van der Waals surface area contributed by atoms with Crippen molar-refractivity contribution < 1.29 is 13.2 Å². The van der Waals surface area contributed by atoms with Gasteiger partial charge in [0.2, 0.25) is 5.56 Å². The Hall–Kier alpha value is -1.80. The van der Waals surface area contributed by atoms with Gasteiger partial charge in [0.1, 0.15) is 10.6 Å². The molecule has 0 fully saturated rings. The maximum atomic E-state index is 12.2. The molecule has 0 unspecified atom stereocenters. The Balaban J connectivity index is 2.40. The Kier molecular flexibility index (Phi) is 4.15. The van der Waals surface area contributed by atoms with Crippen molar-refractivity contribution in [2.24, 2.45) is 0 Å². The van der Waals surface area contributed by atoms with Crippen LogP contribution in [0.25, 0.3) is 0 Å². The molecule has 0 spiro atoms. The molecule has 0 atom stereocenters. The molecular weight excluding hydrogens is 348 g/mol. The number of methoxy groups -OCH3 is 1. The van der Waals surface area contributed by atoms with Crippen LogP contribution in [0.4, 0.5) is 5.69 Å². The van der Waals surface area contributed by atoms with Crippen LogP contribution in [-0.2, 0) is 10.0 Å². The van der Waals surface area contributed by atoms with Crippen LogP contribution in [0.1, 0.15) is 0 Å². The first-order valence-corrected chi connectivity index (χ1v) is 7.75. The number of hydrogen-bond acceptors (Lipinski definition) is 4. The minimum atomic E-state index is -3.80. The van der Waals surface area contributed by atoms with E-state index >= 15 is 0 Å². The number of nitrogens with one attached hydrogen (secondary N) is 2. The van der Waals surface area contributed by atoms with Gasteiger partial charge in [-0.2, -0.15) is 0 Å². The van der Waals surface area contributed by atoms with Gasteiger partial charge in [0.15, 0.2) is 0 Å². The second-order valence-corrected chi connectivity index (χ2v) is 6.44. The molecule has 20 heavy (non-hydrogen) atoms. The number of H-pyrrole nitrogens is 1.